The van der Waals surface area contributed by atoms with Gasteiger partial charge in [-0.25, -0.2) is 4.79 Å². The van der Waals surface area contributed by atoms with Crippen molar-refractivity contribution in [3.8, 4) is 0 Å². The first-order valence-corrected chi connectivity index (χ1v) is 16.7. The summed E-state index contributed by atoms with van der Waals surface area (Å²) in [6.45, 7) is 13.5. The second-order valence-electron chi connectivity index (χ2n) is 16.8. The van der Waals surface area contributed by atoms with Gasteiger partial charge in [-0.15, -0.1) is 0 Å². The average Bonchev–Trinajstić information content (AvgIpc) is 2.97. The summed E-state index contributed by atoms with van der Waals surface area (Å²) in [5, 5.41) is 44.8. The second kappa shape index (κ2) is 10.1. The number of benzene rings is 1. The van der Waals surface area contributed by atoms with Crippen molar-refractivity contribution in [1.82, 2.24) is 0 Å². The first kappa shape index (κ1) is 31.3. The first-order chi connectivity index (χ1) is 20.1. The molecule has 1 aromatic carbocycles. The minimum Gasteiger partial charge on any atom is -0.458 e. The minimum absolute atomic E-state index is 0.00111. The summed E-state index contributed by atoms with van der Waals surface area (Å²) in [5.74, 6) is 0.247. The van der Waals surface area contributed by atoms with Crippen LogP contribution in [0.4, 0.5) is 0 Å². The van der Waals surface area contributed by atoms with E-state index in [1.807, 2.05) is 18.2 Å². The molecule has 238 valence electrons. The number of aliphatic hydroxyl groups excluding tert-OH is 4. The van der Waals surface area contributed by atoms with Crippen molar-refractivity contribution in [3.05, 3.63) is 47.5 Å². The van der Waals surface area contributed by atoms with Gasteiger partial charge >= 0.3 is 5.97 Å². The van der Waals surface area contributed by atoms with E-state index in [0.29, 0.717) is 30.7 Å². The Labute approximate surface area is 257 Å². The number of allylic oxidation sites excluding steroid dienone is 2. The molecule has 0 aromatic heterocycles. The Kier molecular flexibility index (Phi) is 7.37. The second-order valence-corrected chi connectivity index (χ2v) is 16.8. The van der Waals surface area contributed by atoms with E-state index >= 15 is 0 Å². The van der Waals surface area contributed by atoms with Crippen LogP contribution in [0.1, 0.15) is 103 Å². The molecule has 1 aromatic rings. The van der Waals surface area contributed by atoms with E-state index in [4.69, 9.17) is 4.74 Å². The fourth-order valence-electron chi connectivity index (χ4n) is 11.7. The predicted octanol–water partition coefficient (Wildman–Crippen LogP) is 5.92. The van der Waals surface area contributed by atoms with Gasteiger partial charge in [0.05, 0.1) is 31.0 Å². The number of hydrogen-bond acceptors (Lipinski definition) is 6. The Hall–Kier alpha value is -1.73. The molecule has 5 aliphatic rings. The maximum Gasteiger partial charge on any atom is 0.338 e. The van der Waals surface area contributed by atoms with Crippen LogP contribution >= 0.6 is 0 Å². The van der Waals surface area contributed by atoms with Crippen LogP contribution in [0.3, 0.4) is 0 Å². The third-order valence-corrected chi connectivity index (χ3v) is 14.7. The van der Waals surface area contributed by atoms with Crippen LogP contribution in [0.2, 0.25) is 0 Å². The summed E-state index contributed by atoms with van der Waals surface area (Å²) in [4.78, 5) is 13.2. The van der Waals surface area contributed by atoms with Crippen LogP contribution in [-0.2, 0) is 4.74 Å². The largest absolute Gasteiger partial charge is 0.458 e. The van der Waals surface area contributed by atoms with E-state index in [9.17, 15) is 25.2 Å². The highest BCUT2D eigenvalue weighted by molar-refractivity contribution is 5.89. The summed E-state index contributed by atoms with van der Waals surface area (Å²) < 4.78 is 6.17. The van der Waals surface area contributed by atoms with Crippen molar-refractivity contribution >= 4 is 5.97 Å². The number of rotatable bonds is 4. The van der Waals surface area contributed by atoms with Crippen LogP contribution in [0.5, 0.6) is 0 Å². The normalized spacial score (nSPS) is 48.6. The van der Waals surface area contributed by atoms with E-state index in [-0.39, 0.29) is 52.7 Å². The van der Waals surface area contributed by atoms with E-state index in [2.05, 4.69) is 47.6 Å². The van der Waals surface area contributed by atoms with Gasteiger partial charge in [0.25, 0.3) is 0 Å². The summed E-state index contributed by atoms with van der Waals surface area (Å²) in [5.41, 5.74) is -0.0415. The molecule has 0 radical (unpaired) electrons. The minimum atomic E-state index is -0.767. The molecule has 0 saturated heterocycles. The Bertz CT molecular complexity index is 1270. The zero-order valence-corrected chi connectivity index (χ0v) is 27.1. The topological polar surface area (TPSA) is 107 Å². The molecule has 43 heavy (non-hydrogen) atoms. The van der Waals surface area contributed by atoms with Gasteiger partial charge in [-0.05, 0) is 97.5 Å². The molecule has 0 aliphatic heterocycles. The van der Waals surface area contributed by atoms with Crippen molar-refractivity contribution in [2.75, 3.05) is 13.2 Å². The molecule has 5 aliphatic carbocycles. The molecule has 0 spiro atoms. The van der Waals surface area contributed by atoms with Crippen LogP contribution in [0.25, 0.3) is 0 Å². The smallest absolute Gasteiger partial charge is 0.338 e. The molecule has 6 rings (SSSR count). The third-order valence-electron chi connectivity index (χ3n) is 14.7. The molecule has 4 fully saturated rings. The number of ether oxygens (including phenoxy) is 1. The van der Waals surface area contributed by atoms with Gasteiger partial charge in [-0.1, -0.05) is 71.4 Å². The van der Waals surface area contributed by atoms with Crippen molar-refractivity contribution in [2.45, 2.75) is 111 Å². The maximum atomic E-state index is 13.2. The van der Waals surface area contributed by atoms with E-state index in [1.54, 1.807) is 12.1 Å². The molecule has 0 bridgehead atoms. The number of aliphatic hydroxyl groups is 4. The number of hydrogen-bond donors (Lipinski definition) is 4. The Morgan fingerprint density at radius 1 is 0.860 bits per heavy atom. The van der Waals surface area contributed by atoms with Crippen LogP contribution in [0, 0.1) is 50.2 Å². The fraction of sp³-hybridized carbons (Fsp3) is 0.757. The molecule has 11 atom stereocenters. The molecule has 6 heteroatoms. The van der Waals surface area contributed by atoms with Gasteiger partial charge in [0.1, 0.15) is 6.10 Å². The molecule has 4 saturated carbocycles. The average molecular weight is 595 g/mol. The molecule has 0 unspecified atom stereocenters. The Morgan fingerprint density at radius 2 is 1.56 bits per heavy atom. The summed E-state index contributed by atoms with van der Waals surface area (Å²) in [7, 11) is 0. The van der Waals surface area contributed by atoms with E-state index < -0.39 is 29.1 Å². The van der Waals surface area contributed by atoms with Gasteiger partial charge in [0, 0.05) is 16.2 Å². The Morgan fingerprint density at radius 3 is 2.21 bits per heavy atom. The maximum absolute atomic E-state index is 13.2. The number of carbonyl (C=O) groups excluding carboxylic acids is 1. The summed E-state index contributed by atoms with van der Waals surface area (Å²) in [6.07, 6.45) is 7.10. The highest BCUT2D eigenvalue weighted by atomic mass is 16.5. The quantitative estimate of drug-likeness (QED) is 0.255. The zero-order valence-electron chi connectivity index (χ0n) is 27.1. The molecular formula is C37H54O6. The van der Waals surface area contributed by atoms with Gasteiger partial charge in [0.15, 0.2) is 0 Å². The monoisotopic (exact) mass is 594 g/mol. The van der Waals surface area contributed by atoms with Crippen molar-refractivity contribution in [2.24, 2.45) is 50.2 Å². The van der Waals surface area contributed by atoms with Crippen molar-refractivity contribution < 1.29 is 30.0 Å². The number of fused-ring (bicyclic) bond motifs is 7. The molecule has 0 amide bonds. The van der Waals surface area contributed by atoms with E-state index in [1.165, 1.54) is 5.57 Å². The lowest BCUT2D eigenvalue weighted by Crippen LogP contribution is -2.68. The van der Waals surface area contributed by atoms with Gasteiger partial charge in [0.2, 0.25) is 0 Å². The molecule has 6 nitrogen and oxygen atoms in total. The molecule has 0 heterocycles. The highest BCUT2D eigenvalue weighted by Gasteiger charge is 2.71. The lowest BCUT2D eigenvalue weighted by atomic mass is 9.33. The van der Waals surface area contributed by atoms with E-state index in [0.717, 1.165) is 32.1 Å². The standard InChI is InChI=1S/C37H54O6/c1-32(2)18-25-24-12-13-27-33(3)16-15-28(40)34(4,21-38)26(33)14-17-35(27,5)36(24,6)19-29(41)37(25,22-39)20-30(32)43-31(42)23-10-8-7-9-11-23/h7-12,25-30,38-41H,13-22H2,1-6H3/t25-,26+,27+,28-,29-,30-,33-,34-,35+,36+,37+/m0/s1. The lowest BCUT2D eigenvalue weighted by Gasteiger charge is -2.72. The third kappa shape index (κ3) is 4.15. The highest BCUT2D eigenvalue weighted by Crippen LogP contribution is 2.75. The molecule has 4 N–H and O–H groups in total. The van der Waals surface area contributed by atoms with Gasteiger partial charge in [-0.3, -0.25) is 0 Å². The van der Waals surface area contributed by atoms with Gasteiger partial charge < -0.3 is 25.2 Å². The predicted molar refractivity (Wildman–Crippen MR) is 166 cm³/mol. The van der Waals surface area contributed by atoms with Crippen molar-refractivity contribution in [3.63, 3.8) is 0 Å². The molecular weight excluding hydrogens is 540 g/mol. The van der Waals surface area contributed by atoms with Gasteiger partial charge in [-0.2, -0.15) is 0 Å². The number of esters is 1. The summed E-state index contributed by atoms with van der Waals surface area (Å²) in [6, 6.07) is 9.06. The lowest BCUT2D eigenvalue weighted by molar-refractivity contribution is -0.232. The van der Waals surface area contributed by atoms with Crippen LogP contribution < -0.4 is 0 Å². The van der Waals surface area contributed by atoms with Crippen molar-refractivity contribution in [1.29, 1.82) is 0 Å². The number of carbonyl (C=O) groups is 1. The van der Waals surface area contributed by atoms with Crippen LogP contribution in [-0.4, -0.2) is 57.9 Å². The fourth-order valence-corrected chi connectivity index (χ4v) is 11.7. The first-order valence-electron chi connectivity index (χ1n) is 16.7. The summed E-state index contributed by atoms with van der Waals surface area (Å²) >= 11 is 0. The zero-order chi connectivity index (χ0) is 31.2. The SMILES string of the molecule is CC1(C)C[C@H]2C3=CC[C@@H]4[C@@]5(C)CC[C@H](O)[C@@](C)(CO)[C@@H]5CC[C@@]4(C)[C@]3(C)C[C@H](O)[C@@]2(CO)C[C@@H]1OC(=O)c1ccccc1. The van der Waals surface area contributed by atoms with Crippen LogP contribution in [0.15, 0.2) is 42.0 Å². The Balaban J connectivity index is 1.36.